The number of fused-ring (bicyclic) bond motifs is 1. The Morgan fingerprint density at radius 2 is 2.14 bits per heavy atom. The molecule has 8 nitrogen and oxygen atoms in total. The molecule has 1 aliphatic heterocycles. The van der Waals surface area contributed by atoms with Crippen LogP contribution in [0.1, 0.15) is 27.7 Å². The summed E-state index contributed by atoms with van der Waals surface area (Å²) < 4.78 is 16.5. The minimum atomic E-state index is -0.942. The molecule has 3 atom stereocenters. The average Bonchev–Trinajstić information content (AvgIpc) is 2.74. The second kappa shape index (κ2) is 6.05. The van der Waals surface area contributed by atoms with E-state index in [1.807, 2.05) is 0 Å². The topological polar surface area (TPSA) is 106 Å². The second-order valence-electron chi connectivity index (χ2n) is 5.54. The van der Waals surface area contributed by atoms with Gasteiger partial charge in [-0.25, -0.2) is 4.79 Å². The van der Waals surface area contributed by atoms with Gasteiger partial charge in [-0.2, -0.15) is 0 Å². The third-order valence-corrected chi connectivity index (χ3v) is 3.37. The number of nitrogens with zero attached hydrogens (tertiary/aromatic N) is 1. The lowest BCUT2D eigenvalue weighted by Crippen LogP contribution is -2.55. The van der Waals surface area contributed by atoms with Gasteiger partial charge in [0.15, 0.2) is 5.79 Å². The zero-order valence-corrected chi connectivity index (χ0v) is 13.0. The lowest BCUT2D eigenvalue weighted by Gasteiger charge is -2.31. The molecule has 1 aliphatic carbocycles. The predicted octanol–water partition coefficient (Wildman–Crippen LogP) is 0.345. The predicted molar refractivity (Wildman–Crippen MR) is 75.4 cm³/mol. The third kappa shape index (κ3) is 3.12. The molecule has 0 bridgehead atoms. The van der Waals surface area contributed by atoms with Crippen LogP contribution in [0.3, 0.4) is 0 Å². The van der Waals surface area contributed by atoms with Gasteiger partial charge in [0, 0.05) is 6.92 Å². The van der Waals surface area contributed by atoms with Gasteiger partial charge in [-0.05, 0) is 26.8 Å². The Bertz CT molecular complexity index is 539. The Hall–Kier alpha value is -1.93. The lowest BCUT2D eigenvalue weighted by molar-refractivity contribution is -0.149. The van der Waals surface area contributed by atoms with Crippen LogP contribution in [0, 0.1) is 0 Å². The Morgan fingerprint density at radius 3 is 2.68 bits per heavy atom. The van der Waals surface area contributed by atoms with Crippen LogP contribution in [0.2, 0.25) is 0 Å². The Labute approximate surface area is 128 Å². The van der Waals surface area contributed by atoms with E-state index < -0.39 is 30.0 Å². The Kier molecular flexibility index (Phi) is 4.52. The summed E-state index contributed by atoms with van der Waals surface area (Å²) in [4.78, 5) is 23.5. The van der Waals surface area contributed by atoms with Gasteiger partial charge in [-0.1, -0.05) is 5.16 Å². The number of carbonyl (C=O) groups excluding carboxylic acids is 2. The number of hydrogen-bond donors (Lipinski definition) is 2. The molecule has 0 aromatic heterocycles. The molecule has 0 spiro atoms. The van der Waals surface area contributed by atoms with Gasteiger partial charge in [0.05, 0.1) is 12.2 Å². The van der Waals surface area contributed by atoms with Gasteiger partial charge in [0.1, 0.15) is 24.0 Å². The highest BCUT2D eigenvalue weighted by molar-refractivity contribution is 6.08. The maximum atomic E-state index is 12.1. The first-order valence-electron chi connectivity index (χ1n) is 7.02. The second-order valence-corrected chi connectivity index (χ2v) is 5.54. The fraction of sp³-hybridized carbons (Fsp3) is 0.643. The van der Waals surface area contributed by atoms with Crippen LogP contribution >= 0.6 is 0 Å². The molecule has 0 aromatic carbocycles. The fourth-order valence-electron chi connectivity index (χ4n) is 2.63. The molecule has 1 fully saturated rings. The van der Waals surface area contributed by atoms with E-state index in [0.29, 0.717) is 0 Å². The number of oxime groups is 1. The number of esters is 1. The highest BCUT2D eigenvalue weighted by Gasteiger charge is 2.52. The quantitative estimate of drug-likeness (QED) is 0.442. The number of carbonyl (C=O) groups is 2. The number of nitrogens with one attached hydrogen (secondary N) is 1. The third-order valence-electron chi connectivity index (χ3n) is 3.37. The van der Waals surface area contributed by atoms with Crippen LogP contribution in [0.4, 0.5) is 0 Å². The summed E-state index contributed by atoms with van der Waals surface area (Å²) in [7, 11) is 0. The van der Waals surface area contributed by atoms with Gasteiger partial charge in [-0.3, -0.25) is 4.79 Å². The van der Waals surface area contributed by atoms with Gasteiger partial charge in [0.2, 0.25) is 5.91 Å². The van der Waals surface area contributed by atoms with Crippen molar-refractivity contribution in [3.63, 3.8) is 0 Å². The van der Waals surface area contributed by atoms with Crippen molar-refractivity contribution in [2.45, 2.75) is 51.7 Å². The summed E-state index contributed by atoms with van der Waals surface area (Å²) >= 11 is 0. The monoisotopic (exact) mass is 312 g/mol. The van der Waals surface area contributed by atoms with E-state index in [9.17, 15) is 14.8 Å². The summed E-state index contributed by atoms with van der Waals surface area (Å²) in [5, 5.41) is 15.0. The van der Waals surface area contributed by atoms with Crippen LogP contribution in [-0.2, 0) is 23.8 Å². The van der Waals surface area contributed by atoms with Gasteiger partial charge in [0.25, 0.3) is 0 Å². The number of amides is 1. The molecule has 22 heavy (non-hydrogen) atoms. The van der Waals surface area contributed by atoms with Crippen molar-refractivity contribution in [3.8, 4) is 0 Å². The largest absolute Gasteiger partial charge is 0.463 e. The van der Waals surface area contributed by atoms with E-state index in [1.54, 1.807) is 20.8 Å². The van der Waals surface area contributed by atoms with Crippen molar-refractivity contribution in [1.29, 1.82) is 0 Å². The summed E-state index contributed by atoms with van der Waals surface area (Å²) in [6.07, 6.45) is -0.0320. The molecular weight excluding hydrogens is 292 g/mol. The molecule has 1 amide bonds. The Balaban J connectivity index is 2.42. The maximum Gasteiger partial charge on any atom is 0.336 e. The first kappa shape index (κ1) is 16.4. The molecule has 0 saturated carbocycles. The molecule has 122 valence electrons. The first-order chi connectivity index (χ1) is 10.3. The molecule has 2 aliphatic rings. The highest BCUT2D eigenvalue weighted by Crippen LogP contribution is 2.37. The van der Waals surface area contributed by atoms with Gasteiger partial charge < -0.3 is 24.7 Å². The molecule has 2 unspecified atom stereocenters. The summed E-state index contributed by atoms with van der Waals surface area (Å²) in [6.45, 7) is 6.65. The van der Waals surface area contributed by atoms with Crippen molar-refractivity contribution in [1.82, 2.24) is 5.32 Å². The Morgan fingerprint density at radius 1 is 1.45 bits per heavy atom. The average molecular weight is 312 g/mol. The standard InChI is InChI=1S/C14H20N2O6/c1-5-20-13(18)8-6-9(16-19)10(15-7(2)17)12-11(8)21-14(3,4)22-12/h6,10-12,19H,5H2,1-4H3,(H,15,17)/t10?,11?,12-/m0/s1. The number of ether oxygens (including phenoxy) is 3. The summed E-state index contributed by atoms with van der Waals surface area (Å²) in [6, 6.07) is -0.715. The summed E-state index contributed by atoms with van der Waals surface area (Å²) in [5.74, 6) is -1.82. The molecule has 1 heterocycles. The van der Waals surface area contributed by atoms with Crippen LogP contribution in [0.25, 0.3) is 0 Å². The van der Waals surface area contributed by atoms with Crippen molar-refractivity contribution in [2.24, 2.45) is 5.16 Å². The molecule has 0 radical (unpaired) electrons. The number of hydrogen-bond acceptors (Lipinski definition) is 7. The molecule has 2 rings (SSSR count). The first-order valence-corrected chi connectivity index (χ1v) is 7.02. The molecule has 0 aromatic rings. The minimum absolute atomic E-state index is 0.112. The zero-order chi connectivity index (χ0) is 16.5. The van der Waals surface area contributed by atoms with Gasteiger partial charge in [-0.15, -0.1) is 0 Å². The summed E-state index contributed by atoms with van der Waals surface area (Å²) in [5.41, 5.74) is 0.313. The molecule has 2 N–H and O–H groups in total. The van der Waals surface area contributed by atoms with E-state index >= 15 is 0 Å². The van der Waals surface area contributed by atoms with Crippen molar-refractivity contribution >= 4 is 17.6 Å². The van der Waals surface area contributed by atoms with E-state index in [2.05, 4.69) is 10.5 Å². The normalized spacial score (nSPS) is 31.4. The van der Waals surface area contributed by atoms with Gasteiger partial charge >= 0.3 is 5.97 Å². The van der Waals surface area contributed by atoms with E-state index in [1.165, 1.54) is 13.0 Å². The van der Waals surface area contributed by atoms with Crippen molar-refractivity contribution in [3.05, 3.63) is 11.6 Å². The van der Waals surface area contributed by atoms with Crippen LogP contribution in [0.15, 0.2) is 16.8 Å². The maximum absolute atomic E-state index is 12.1. The number of rotatable bonds is 3. The zero-order valence-electron chi connectivity index (χ0n) is 13.0. The smallest absolute Gasteiger partial charge is 0.336 e. The molecule has 1 saturated heterocycles. The SMILES string of the molecule is CCOC(=O)C1=CC(=NO)C(NC(C)=O)[C@@H]2OC(C)(C)OC12. The van der Waals surface area contributed by atoms with E-state index in [0.717, 1.165) is 0 Å². The van der Waals surface area contributed by atoms with Crippen molar-refractivity contribution < 1.29 is 29.0 Å². The molecule has 8 heteroatoms. The fourth-order valence-corrected chi connectivity index (χ4v) is 2.63. The van der Waals surface area contributed by atoms with E-state index in [4.69, 9.17) is 14.2 Å². The minimum Gasteiger partial charge on any atom is -0.463 e. The van der Waals surface area contributed by atoms with Crippen LogP contribution in [0.5, 0.6) is 0 Å². The highest BCUT2D eigenvalue weighted by atomic mass is 16.8. The van der Waals surface area contributed by atoms with Crippen LogP contribution < -0.4 is 5.32 Å². The van der Waals surface area contributed by atoms with E-state index in [-0.39, 0.29) is 23.8 Å². The van der Waals surface area contributed by atoms with Crippen LogP contribution in [-0.4, -0.2) is 53.4 Å². The lowest BCUT2D eigenvalue weighted by atomic mass is 9.88. The van der Waals surface area contributed by atoms with Crippen molar-refractivity contribution in [2.75, 3.05) is 6.61 Å². The molecular formula is C14H20N2O6.